The van der Waals surface area contributed by atoms with Gasteiger partial charge in [-0.05, 0) is 31.5 Å². The molecule has 3 nitrogen and oxygen atoms in total. The molecule has 1 heterocycles. The lowest BCUT2D eigenvalue weighted by molar-refractivity contribution is 0.630. The van der Waals surface area contributed by atoms with Crippen LogP contribution in [0.15, 0.2) is 27.5 Å². The zero-order chi connectivity index (χ0) is 13.1. The summed E-state index contributed by atoms with van der Waals surface area (Å²) >= 11 is 3.40. The zero-order valence-electron chi connectivity index (χ0n) is 10.7. The molecule has 0 spiro atoms. The number of nitrogens with zero attached hydrogens (tertiary/aromatic N) is 2. The van der Waals surface area contributed by atoms with Crippen molar-refractivity contribution >= 4 is 26.8 Å². The predicted octanol–water partition coefficient (Wildman–Crippen LogP) is 3.52. The number of unbranched alkanes of at least 4 members (excludes halogenated alkanes) is 1. The van der Waals surface area contributed by atoms with E-state index >= 15 is 0 Å². The molecular formula is C14H17BrN2O. The summed E-state index contributed by atoms with van der Waals surface area (Å²) in [7, 11) is 0. The Morgan fingerprint density at radius 1 is 1.33 bits per heavy atom. The van der Waals surface area contributed by atoms with Crippen LogP contribution < -0.4 is 5.56 Å². The third kappa shape index (κ3) is 2.48. The van der Waals surface area contributed by atoms with E-state index in [1.54, 1.807) is 4.57 Å². The van der Waals surface area contributed by atoms with Crippen LogP contribution in [0.25, 0.3) is 10.9 Å². The summed E-state index contributed by atoms with van der Waals surface area (Å²) in [6.07, 6.45) is 3.04. The third-order valence-corrected chi connectivity index (χ3v) is 3.56. The largest absolute Gasteiger partial charge is 0.296 e. The van der Waals surface area contributed by atoms with E-state index in [4.69, 9.17) is 0 Å². The Kier molecular flexibility index (Phi) is 4.17. The van der Waals surface area contributed by atoms with Crippen LogP contribution >= 0.6 is 15.9 Å². The van der Waals surface area contributed by atoms with Gasteiger partial charge in [0, 0.05) is 17.4 Å². The van der Waals surface area contributed by atoms with Crippen LogP contribution in [0.1, 0.15) is 32.5 Å². The van der Waals surface area contributed by atoms with Crippen molar-refractivity contribution in [3.05, 3.63) is 38.9 Å². The molecular weight excluding hydrogens is 292 g/mol. The quantitative estimate of drug-likeness (QED) is 0.866. The molecule has 1 aromatic heterocycles. The van der Waals surface area contributed by atoms with Crippen LogP contribution in [0.2, 0.25) is 0 Å². The third-order valence-electron chi connectivity index (χ3n) is 3.07. The molecule has 0 aliphatic heterocycles. The maximum Gasteiger partial charge on any atom is 0.261 e. The molecule has 4 heteroatoms. The summed E-state index contributed by atoms with van der Waals surface area (Å²) < 4.78 is 2.70. The Hall–Kier alpha value is -1.16. The van der Waals surface area contributed by atoms with Gasteiger partial charge in [-0.2, -0.15) is 0 Å². The first-order valence-corrected chi connectivity index (χ1v) is 7.15. The van der Waals surface area contributed by atoms with Crippen molar-refractivity contribution in [1.29, 1.82) is 0 Å². The molecule has 0 unspecified atom stereocenters. The summed E-state index contributed by atoms with van der Waals surface area (Å²) in [4.78, 5) is 17.0. The van der Waals surface area contributed by atoms with Gasteiger partial charge in [-0.25, -0.2) is 4.98 Å². The highest BCUT2D eigenvalue weighted by Gasteiger charge is 2.09. The van der Waals surface area contributed by atoms with Crippen LogP contribution in [-0.4, -0.2) is 9.55 Å². The maximum atomic E-state index is 12.4. The van der Waals surface area contributed by atoms with Crippen LogP contribution in [0.5, 0.6) is 0 Å². The first kappa shape index (κ1) is 13.3. The SMILES string of the molecule is CCCCc1nc2ccc(Br)cc2c(=O)n1CC. The number of hydrogen-bond donors (Lipinski definition) is 0. The fraction of sp³-hybridized carbons (Fsp3) is 0.429. The summed E-state index contributed by atoms with van der Waals surface area (Å²) in [6.45, 7) is 4.81. The van der Waals surface area contributed by atoms with E-state index in [1.165, 1.54) is 0 Å². The van der Waals surface area contributed by atoms with Gasteiger partial charge in [0.05, 0.1) is 10.9 Å². The minimum Gasteiger partial charge on any atom is -0.296 e. The van der Waals surface area contributed by atoms with Crippen molar-refractivity contribution < 1.29 is 0 Å². The Bertz CT molecular complexity index is 619. The smallest absolute Gasteiger partial charge is 0.261 e. The first-order chi connectivity index (χ1) is 8.67. The van der Waals surface area contributed by atoms with Crippen molar-refractivity contribution in [2.45, 2.75) is 39.7 Å². The van der Waals surface area contributed by atoms with Gasteiger partial charge in [-0.3, -0.25) is 9.36 Å². The summed E-state index contributed by atoms with van der Waals surface area (Å²) in [5.41, 5.74) is 0.855. The number of fused-ring (bicyclic) bond motifs is 1. The number of hydrogen-bond acceptors (Lipinski definition) is 2. The van der Waals surface area contributed by atoms with Crippen LogP contribution in [-0.2, 0) is 13.0 Å². The molecule has 0 fully saturated rings. The standard InChI is InChI=1S/C14H17BrN2O/c1-3-5-6-13-16-12-8-7-10(15)9-11(12)14(18)17(13)4-2/h7-9H,3-6H2,1-2H3. The molecule has 1 aromatic carbocycles. The number of aromatic nitrogens is 2. The molecule has 0 saturated carbocycles. The highest BCUT2D eigenvalue weighted by molar-refractivity contribution is 9.10. The molecule has 0 aliphatic carbocycles. The van der Waals surface area contributed by atoms with Crippen molar-refractivity contribution in [3.8, 4) is 0 Å². The van der Waals surface area contributed by atoms with Crippen molar-refractivity contribution in [2.24, 2.45) is 0 Å². The number of halogens is 1. The molecule has 0 bridgehead atoms. The van der Waals surface area contributed by atoms with E-state index in [1.807, 2.05) is 25.1 Å². The first-order valence-electron chi connectivity index (χ1n) is 6.36. The summed E-state index contributed by atoms with van der Waals surface area (Å²) in [6, 6.07) is 5.67. The Morgan fingerprint density at radius 2 is 2.11 bits per heavy atom. The maximum absolute atomic E-state index is 12.4. The van der Waals surface area contributed by atoms with Crippen molar-refractivity contribution in [3.63, 3.8) is 0 Å². The minimum absolute atomic E-state index is 0.0647. The topological polar surface area (TPSA) is 34.9 Å². The van der Waals surface area contributed by atoms with E-state index < -0.39 is 0 Å². The second kappa shape index (κ2) is 5.65. The Labute approximate surface area is 115 Å². The molecule has 18 heavy (non-hydrogen) atoms. The molecule has 0 amide bonds. The van der Waals surface area contributed by atoms with Crippen molar-refractivity contribution in [2.75, 3.05) is 0 Å². The second-order valence-electron chi connectivity index (χ2n) is 4.34. The van der Waals surface area contributed by atoms with Crippen LogP contribution in [0, 0.1) is 0 Å². The van der Waals surface area contributed by atoms with Crippen molar-refractivity contribution in [1.82, 2.24) is 9.55 Å². The highest BCUT2D eigenvalue weighted by atomic mass is 79.9. The van der Waals surface area contributed by atoms with E-state index in [9.17, 15) is 4.79 Å². The van der Waals surface area contributed by atoms with Gasteiger partial charge in [-0.1, -0.05) is 29.3 Å². The molecule has 2 rings (SSSR count). The van der Waals surface area contributed by atoms with E-state index in [-0.39, 0.29) is 5.56 Å². The van der Waals surface area contributed by atoms with Gasteiger partial charge in [0.2, 0.25) is 0 Å². The fourth-order valence-electron chi connectivity index (χ4n) is 2.09. The average Bonchev–Trinajstić information content (AvgIpc) is 2.37. The van der Waals surface area contributed by atoms with Crippen LogP contribution in [0.4, 0.5) is 0 Å². The number of rotatable bonds is 4. The van der Waals surface area contributed by atoms with Gasteiger partial charge in [0.25, 0.3) is 5.56 Å². The Balaban J connectivity index is 2.65. The molecule has 0 radical (unpaired) electrons. The molecule has 0 aliphatic rings. The number of aryl methyl sites for hydroxylation is 1. The molecule has 0 atom stereocenters. The lowest BCUT2D eigenvalue weighted by atomic mass is 10.2. The monoisotopic (exact) mass is 308 g/mol. The molecule has 2 aromatic rings. The normalized spacial score (nSPS) is 11.1. The lowest BCUT2D eigenvalue weighted by Gasteiger charge is -2.11. The summed E-state index contributed by atoms with van der Waals surface area (Å²) in [5.74, 6) is 0.902. The van der Waals surface area contributed by atoms with Crippen LogP contribution in [0.3, 0.4) is 0 Å². The van der Waals surface area contributed by atoms with E-state index in [2.05, 4.69) is 27.8 Å². The minimum atomic E-state index is 0.0647. The van der Waals surface area contributed by atoms with Gasteiger partial charge >= 0.3 is 0 Å². The van der Waals surface area contributed by atoms with Gasteiger partial charge in [0.15, 0.2) is 0 Å². The average molecular weight is 309 g/mol. The van der Waals surface area contributed by atoms with E-state index in [0.29, 0.717) is 11.9 Å². The highest BCUT2D eigenvalue weighted by Crippen LogP contribution is 2.16. The summed E-state index contributed by atoms with van der Waals surface area (Å²) in [5, 5.41) is 0.687. The molecule has 96 valence electrons. The van der Waals surface area contributed by atoms with Gasteiger partial charge in [-0.15, -0.1) is 0 Å². The lowest BCUT2D eigenvalue weighted by Crippen LogP contribution is -2.24. The molecule has 0 saturated heterocycles. The number of benzene rings is 1. The Morgan fingerprint density at radius 3 is 2.78 bits per heavy atom. The van der Waals surface area contributed by atoms with E-state index in [0.717, 1.165) is 35.1 Å². The molecule has 0 N–H and O–H groups in total. The fourth-order valence-corrected chi connectivity index (χ4v) is 2.45. The van der Waals surface area contributed by atoms with Gasteiger partial charge in [0.1, 0.15) is 5.82 Å². The zero-order valence-corrected chi connectivity index (χ0v) is 12.3. The second-order valence-corrected chi connectivity index (χ2v) is 5.26. The predicted molar refractivity (Wildman–Crippen MR) is 78.0 cm³/mol. The van der Waals surface area contributed by atoms with Gasteiger partial charge < -0.3 is 0 Å².